The average Bonchev–Trinajstić information content (AvgIpc) is 3.47. The first-order valence-electron chi connectivity index (χ1n) is 10.3. The van der Waals surface area contributed by atoms with Crippen LogP contribution in [0.15, 0.2) is 56.4 Å². The number of rotatable bonds is 9. The highest BCUT2D eigenvalue weighted by molar-refractivity contribution is 7.89. The van der Waals surface area contributed by atoms with Gasteiger partial charge >= 0.3 is 0 Å². The lowest BCUT2D eigenvalue weighted by Gasteiger charge is -2.26. The molecule has 1 aliphatic rings. The summed E-state index contributed by atoms with van der Waals surface area (Å²) in [6.45, 7) is 5.53. The monoisotopic (exact) mass is 446 g/mol. The SMILES string of the molecule is CCCN(Cc1cccc(S(=O)(=O)N2CCOCC2)c1)Cc1nnc(-c2ccco2)o1. The molecule has 0 amide bonds. The number of morpholine rings is 1. The predicted molar refractivity (Wildman–Crippen MR) is 112 cm³/mol. The van der Waals surface area contributed by atoms with E-state index in [0.717, 1.165) is 18.5 Å². The van der Waals surface area contributed by atoms with Gasteiger partial charge < -0.3 is 13.6 Å². The molecule has 0 unspecified atom stereocenters. The van der Waals surface area contributed by atoms with Crippen LogP contribution in [0.3, 0.4) is 0 Å². The molecule has 0 saturated carbocycles. The molecule has 1 saturated heterocycles. The Morgan fingerprint density at radius 2 is 1.94 bits per heavy atom. The highest BCUT2D eigenvalue weighted by Gasteiger charge is 2.26. The average molecular weight is 447 g/mol. The van der Waals surface area contributed by atoms with Crippen LogP contribution >= 0.6 is 0 Å². The number of ether oxygens (including phenoxy) is 1. The Hall–Kier alpha value is -2.53. The van der Waals surface area contributed by atoms with Crippen molar-refractivity contribution >= 4 is 10.0 Å². The third kappa shape index (κ3) is 5.21. The number of aromatic nitrogens is 2. The van der Waals surface area contributed by atoms with E-state index in [0.29, 0.717) is 61.8 Å². The Kier molecular flexibility index (Phi) is 6.81. The maximum absolute atomic E-state index is 13.0. The molecule has 10 heteroatoms. The summed E-state index contributed by atoms with van der Waals surface area (Å²) in [7, 11) is -3.53. The second-order valence-corrected chi connectivity index (χ2v) is 9.29. The molecule has 0 atom stereocenters. The molecule has 31 heavy (non-hydrogen) atoms. The third-order valence-electron chi connectivity index (χ3n) is 5.01. The Bertz CT molecular complexity index is 1070. The number of furan rings is 1. The van der Waals surface area contributed by atoms with Gasteiger partial charge in [-0.05, 0) is 42.8 Å². The Labute approximate surface area is 181 Å². The van der Waals surface area contributed by atoms with Crippen molar-refractivity contribution in [1.82, 2.24) is 19.4 Å². The topological polar surface area (TPSA) is 102 Å². The van der Waals surface area contributed by atoms with Gasteiger partial charge in [-0.25, -0.2) is 8.42 Å². The Balaban J connectivity index is 1.47. The number of hydrogen-bond acceptors (Lipinski definition) is 8. The number of hydrogen-bond donors (Lipinski definition) is 0. The standard InChI is InChI=1S/C21H26N4O5S/c1-2-8-24(16-20-22-23-21(30-20)19-7-4-11-29-19)15-17-5-3-6-18(14-17)31(26,27)25-9-12-28-13-10-25/h3-7,11,14H,2,8-10,12-13,15-16H2,1H3. The lowest BCUT2D eigenvalue weighted by atomic mass is 10.2. The minimum atomic E-state index is -3.53. The van der Waals surface area contributed by atoms with E-state index >= 15 is 0 Å². The van der Waals surface area contributed by atoms with Crippen LogP contribution in [0, 0.1) is 0 Å². The number of sulfonamides is 1. The second kappa shape index (κ2) is 9.73. The van der Waals surface area contributed by atoms with Crippen molar-refractivity contribution in [1.29, 1.82) is 0 Å². The van der Waals surface area contributed by atoms with Crippen molar-refractivity contribution in [3.05, 3.63) is 54.1 Å². The fraction of sp³-hybridized carbons (Fsp3) is 0.429. The minimum Gasteiger partial charge on any atom is -0.459 e. The maximum Gasteiger partial charge on any atom is 0.283 e. The fourth-order valence-corrected chi connectivity index (χ4v) is 5.02. The molecular weight excluding hydrogens is 420 g/mol. The second-order valence-electron chi connectivity index (χ2n) is 7.35. The lowest BCUT2D eigenvalue weighted by molar-refractivity contribution is 0.0730. The van der Waals surface area contributed by atoms with Crippen LogP contribution in [-0.2, 0) is 27.8 Å². The largest absolute Gasteiger partial charge is 0.459 e. The van der Waals surface area contributed by atoms with E-state index in [1.807, 2.05) is 6.07 Å². The van der Waals surface area contributed by atoms with E-state index < -0.39 is 10.0 Å². The molecule has 1 aliphatic heterocycles. The quantitative estimate of drug-likeness (QED) is 0.494. The van der Waals surface area contributed by atoms with E-state index in [4.69, 9.17) is 13.6 Å². The molecule has 4 rings (SSSR count). The first-order chi connectivity index (χ1) is 15.1. The molecule has 0 aliphatic carbocycles. The van der Waals surface area contributed by atoms with Crippen LogP contribution in [0.5, 0.6) is 0 Å². The zero-order valence-corrected chi connectivity index (χ0v) is 18.3. The van der Waals surface area contributed by atoms with Crippen LogP contribution in [-0.4, -0.2) is 60.7 Å². The fourth-order valence-electron chi connectivity index (χ4n) is 3.54. The van der Waals surface area contributed by atoms with E-state index in [9.17, 15) is 8.42 Å². The van der Waals surface area contributed by atoms with Crippen LogP contribution < -0.4 is 0 Å². The highest BCUT2D eigenvalue weighted by Crippen LogP contribution is 2.21. The van der Waals surface area contributed by atoms with Crippen molar-refractivity contribution in [2.24, 2.45) is 0 Å². The molecule has 9 nitrogen and oxygen atoms in total. The molecule has 3 heterocycles. The van der Waals surface area contributed by atoms with Crippen molar-refractivity contribution in [3.63, 3.8) is 0 Å². The van der Waals surface area contributed by atoms with Gasteiger partial charge in [0, 0.05) is 19.6 Å². The molecule has 1 aromatic carbocycles. The summed E-state index contributed by atoms with van der Waals surface area (Å²) in [6, 6.07) is 10.6. The number of benzene rings is 1. The van der Waals surface area contributed by atoms with E-state index in [-0.39, 0.29) is 0 Å². The van der Waals surface area contributed by atoms with Crippen molar-refractivity contribution in [2.75, 3.05) is 32.8 Å². The number of nitrogens with zero attached hydrogens (tertiary/aromatic N) is 4. The van der Waals surface area contributed by atoms with Crippen LogP contribution in [0.4, 0.5) is 0 Å². The first kappa shape index (κ1) is 21.7. The maximum atomic E-state index is 13.0. The molecule has 0 radical (unpaired) electrons. The van der Waals surface area contributed by atoms with Gasteiger partial charge in [-0.3, -0.25) is 4.90 Å². The van der Waals surface area contributed by atoms with Gasteiger partial charge in [0.15, 0.2) is 5.76 Å². The van der Waals surface area contributed by atoms with Gasteiger partial charge in [0.25, 0.3) is 5.89 Å². The summed E-state index contributed by atoms with van der Waals surface area (Å²) in [5, 5.41) is 8.17. The Morgan fingerprint density at radius 3 is 2.68 bits per heavy atom. The van der Waals surface area contributed by atoms with Gasteiger partial charge in [-0.1, -0.05) is 19.1 Å². The van der Waals surface area contributed by atoms with Gasteiger partial charge in [-0.15, -0.1) is 10.2 Å². The zero-order chi connectivity index (χ0) is 21.7. The normalized spacial score (nSPS) is 15.5. The molecule has 166 valence electrons. The zero-order valence-electron chi connectivity index (χ0n) is 17.4. The molecule has 3 aromatic rings. The van der Waals surface area contributed by atoms with Crippen LogP contribution in [0.2, 0.25) is 0 Å². The van der Waals surface area contributed by atoms with Gasteiger partial charge in [0.1, 0.15) is 0 Å². The summed E-state index contributed by atoms with van der Waals surface area (Å²) in [5.41, 5.74) is 0.911. The summed E-state index contributed by atoms with van der Waals surface area (Å²) in [6.07, 6.45) is 2.49. The van der Waals surface area contributed by atoms with Gasteiger partial charge in [-0.2, -0.15) is 4.31 Å². The molecule has 0 bridgehead atoms. The van der Waals surface area contributed by atoms with E-state index in [1.165, 1.54) is 4.31 Å². The minimum absolute atomic E-state index is 0.307. The van der Waals surface area contributed by atoms with Crippen LogP contribution in [0.25, 0.3) is 11.7 Å². The van der Waals surface area contributed by atoms with Gasteiger partial charge in [0.05, 0.1) is 30.9 Å². The van der Waals surface area contributed by atoms with E-state index in [2.05, 4.69) is 22.0 Å². The Morgan fingerprint density at radius 1 is 1.10 bits per heavy atom. The van der Waals surface area contributed by atoms with Crippen molar-refractivity contribution in [3.8, 4) is 11.7 Å². The summed E-state index contributed by atoms with van der Waals surface area (Å²) in [4.78, 5) is 2.46. The molecular formula is C21H26N4O5S. The summed E-state index contributed by atoms with van der Waals surface area (Å²) >= 11 is 0. The highest BCUT2D eigenvalue weighted by atomic mass is 32.2. The van der Waals surface area contributed by atoms with E-state index in [1.54, 1.807) is 36.6 Å². The van der Waals surface area contributed by atoms with Crippen LogP contribution in [0.1, 0.15) is 24.8 Å². The van der Waals surface area contributed by atoms with Crippen molar-refractivity contribution < 1.29 is 22.0 Å². The molecule has 0 spiro atoms. The smallest absolute Gasteiger partial charge is 0.283 e. The lowest BCUT2D eigenvalue weighted by Crippen LogP contribution is -2.40. The third-order valence-corrected chi connectivity index (χ3v) is 6.90. The molecule has 1 fully saturated rings. The predicted octanol–water partition coefficient (Wildman–Crippen LogP) is 2.76. The first-order valence-corrected chi connectivity index (χ1v) is 11.8. The van der Waals surface area contributed by atoms with Crippen molar-refractivity contribution in [2.45, 2.75) is 31.3 Å². The summed E-state index contributed by atoms with van der Waals surface area (Å²) < 4.78 is 43.7. The molecule has 2 aromatic heterocycles. The summed E-state index contributed by atoms with van der Waals surface area (Å²) in [5.74, 6) is 1.36. The molecule has 0 N–H and O–H groups in total. The van der Waals surface area contributed by atoms with Gasteiger partial charge in [0.2, 0.25) is 15.9 Å².